The molecule has 8 nitrogen and oxygen atoms in total. The first-order valence-electron chi connectivity index (χ1n) is 11.2. The third-order valence-electron chi connectivity index (χ3n) is 6.39. The smallest absolute Gasteiger partial charge is 0.293 e. The molecule has 31 heavy (non-hydrogen) atoms. The maximum absolute atomic E-state index is 13.2. The Morgan fingerprint density at radius 1 is 1.16 bits per heavy atom. The molecule has 1 aliphatic carbocycles. The number of H-pyrrole nitrogens is 1. The molecule has 3 aromatic rings. The number of rotatable bonds is 5. The zero-order valence-corrected chi connectivity index (χ0v) is 18.1. The molecule has 1 saturated carbocycles. The summed E-state index contributed by atoms with van der Waals surface area (Å²) in [5.41, 5.74) is 2.58. The second-order valence-corrected chi connectivity index (χ2v) is 8.53. The van der Waals surface area contributed by atoms with E-state index in [0.29, 0.717) is 22.6 Å². The highest BCUT2D eigenvalue weighted by Gasteiger charge is 2.23. The average molecular weight is 424 g/mol. The zero-order chi connectivity index (χ0) is 21.4. The summed E-state index contributed by atoms with van der Waals surface area (Å²) < 4.78 is 13.3. The third-order valence-corrected chi connectivity index (χ3v) is 6.39. The standard InChI is InChI=1S/C23H29N5O3/c1-14-20-21(23(29)28(27-14)15-6-4-3-5-7-15)26-22(25-20)18-9-8-16(12-19(18)30-2)31-17-10-11-24-13-17/h8-9,12,15,17,24H,3-7,10-11,13H2,1-2H3,(H,25,26). The number of benzene rings is 1. The summed E-state index contributed by atoms with van der Waals surface area (Å²) in [5, 5.41) is 7.91. The van der Waals surface area contributed by atoms with Crippen LogP contribution < -0.4 is 20.3 Å². The van der Waals surface area contributed by atoms with Crippen LogP contribution in [0.4, 0.5) is 0 Å². The summed E-state index contributed by atoms with van der Waals surface area (Å²) in [5.74, 6) is 2.02. The van der Waals surface area contributed by atoms with Gasteiger partial charge in [-0.05, 0) is 44.9 Å². The Bertz CT molecular complexity index is 1140. The van der Waals surface area contributed by atoms with Crippen LogP contribution in [0.15, 0.2) is 23.0 Å². The van der Waals surface area contributed by atoms with Crippen LogP contribution in [-0.4, -0.2) is 46.1 Å². The quantitative estimate of drug-likeness (QED) is 0.654. The highest BCUT2D eigenvalue weighted by molar-refractivity contribution is 5.81. The van der Waals surface area contributed by atoms with Gasteiger partial charge >= 0.3 is 0 Å². The molecular formula is C23H29N5O3. The van der Waals surface area contributed by atoms with E-state index in [1.807, 2.05) is 25.1 Å². The molecule has 2 aliphatic rings. The van der Waals surface area contributed by atoms with Crippen LogP contribution in [0.1, 0.15) is 50.3 Å². The van der Waals surface area contributed by atoms with Gasteiger partial charge < -0.3 is 19.8 Å². The molecule has 2 aromatic heterocycles. The largest absolute Gasteiger partial charge is 0.496 e. The number of ether oxygens (including phenoxy) is 2. The fourth-order valence-electron chi connectivity index (χ4n) is 4.72. The van der Waals surface area contributed by atoms with Crippen LogP contribution in [0, 0.1) is 6.92 Å². The van der Waals surface area contributed by atoms with Crippen LogP contribution in [0.5, 0.6) is 11.5 Å². The predicted octanol–water partition coefficient (Wildman–Crippen LogP) is 3.35. The number of hydrogen-bond acceptors (Lipinski definition) is 6. The summed E-state index contributed by atoms with van der Waals surface area (Å²) in [6.07, 6.45) is 6.70. The van der Waals surface area contributed by atoms with Gasteiger partial charge in [-0.1, -0.05) is 19.3 Å². The van der Waals surface area contributed by atoms with Crippen LogP contribution in [-0.2, 0) is 0 Å². The van der Waals surface area contributed by atoms with Gasteiger partial charge in [0.2, 0.25) is 0 Å². The van der Waals surface area contributed by atoms with Gasteiger partial charge in [-0.2, -0.15) is 5.10 Å². The van der Waals surface area contributed by atoms with Crippen LogP contribution in [0.25, 0.3) is 22.4 Å². The van der Waals surface area contributed by atoms with E-state index in [4.69, 9.17) is 14.5 Å². The molecule has 1 aliphatic heterocycles. The molecule has 0 radical (unpaired) electrons. The first-order valence-corrected chi connectivity index (χ1v) is 11.2. The van der Waals surface area contributed by atoms with Gasteiger partial charge in [0.1, 0.15) is 34.5 Å². The highest BCUT2D eigenvalue weighted by atomic mass is 16.5. The lowest BCUT2D eigenvalue weighted by atomic mass is 9.95. The third kappa shape index (κ3) is 3.80. The van der Waals surface area contributed by atoms with Gasteiger partial charge in [0.25, 0.3) is 5.56 Å². The molecule has 1 unspecified atom stereocenters. The van der Waals surface area contributed by atoms with Gasteiger partial charge in [-0.15, -0.1) is 0 Å². The number of imidazole rings is 1. The zero-order valence-electron chi connectivity index (χ0n) is 18.1. The van der Waals surface area contributed by atoms with Gasteiger partial charge in [-0.3, -0.25) is 4.79 Å². The molecular weight excluding hydrogens is 394 g/mol. The number of fused-ring (bicyclic) bond motifs is 1. The number of methoxy groups -OCH3 is 1. The fraction of sp³-hybridized carbons (Fsp3) is 0.522. The number of aromatic nitrogens is 4. The maximum atomic E-state index is 13.2. The lowest BCUT2D eigenvalue weighted by Gasteiger charge is -2.22. The van der Waals surface area contributed by atoms with Gasteiger partial charge in [0, 0.05) is 12.6 Å². The fourth-order valence-corrected chi connectivity index (χ4v) is 4.72. The Labute approximate surface area is 181 Å². The van der Waals surface area contributed by atoms with Gasteiger partial charge in [0.15, 0.2) is 0 Å². The Hall–Kier alpha value is -2.87. The first kappa shape index (κ1) is 20.1. The summed E-state index contributed by atoms with van der Waals surface area (Å²) >= 11 is 0. The van der Waals surface area contributed by atoms with Gasteiger partial charge in [-0.25, -0.2) is 9.67 Å². The predicted molar refractivity (Wildman–Crippen MR) is 119 cm³/mol. The highest BCUT2D eigenvalue weighted by Crippen LogP contribution is 2.34. The molecule has 3 heterocycles. The number of nitrogens with one attached hydrogen (secondary N) is 2. The molecule has 0 bridgehead atoms. The normalized spacial score (nSPS) is 19.7. The van der Waals surface area contributed by atoms with E-state index < -0.39 is 0 Å². The molecule has 1 atom stereocenters. The van der Waals surface area contributed by atoms with Crippen molar-refractivity contribution >= 4 is 11.0 Å². The van der Waals surface area contributed by atoms with E-state index >= 15 is 0 Å². The van der Waals surface area contributed by atoms with Crippen molar-refractivity contribution < 1.29 is 9.47 Å². The lowest BCUT2D eigenvalue weighted by molar-refractivity contribution is 0.222. The molecule has 164 valence electrons. The summed E-state index contributed by atoms with van der Waals surface area (Å²) in [4.78, 5) is 21.2. The van der Waals surface area contributed by atoms with Crippen molar-refractivity contribution in [2.24, 2.45) is 0 Å². The number of nitrogens with zero attached hydrogens (tertiary/aromatic N) is 3. The molecule has 2 fully saturated rings. The molecule has 0 amide bonds. The number of aromatic amines is 1. The van der Waals surface area contributed by atoms with E-state index in [-0.39, 0.29) is 17.7 Å². The molecule has 1 saturated heterocycles. The van der Waals surface area contributed by atoms with E-state index in [1.54, 1.807) is 11.8 Å². The van der Waals surface area contributed by atoms with Crippen molar-refractivity contribution in [3.05, 3.63) is 34.2 Å². The summed E-state index contributed by atoms with van der Waals surface area (Å²) in [7, 11) is 1.63. The SMILES string of the molecule is COc1cc(OC2CCNC2)ccc1-c1nc2c(C)nn(C3CCCCC3)c(=O)c2[nH]1. The minimum Gasteiger partial charge on any atom is -0.496 e. The summed E-state index contributed by atoms with van der Waals surface area (Å²) in [6.45, 7) is 3.74. The van der Waals surface area contributed by atoms with E-state index in [1.165, 1.54) is 6.42 Å². The van der Waals surface area contributed by atoms with Crippen molar-refractivity contribution in [1.82, 2.24) is 25.1 Å². The maximum Gasteiger partial charge on any atom is 0.293 e. The Kier molecular flexibility index (Phi) is 5.40. The minimum atomic E-state index is -0.0982. The molecule has 8 heteroatoms. The van der Waals surface area contributed by atoms with Crippen LogP contribution in [0.3, 0.4) is 0 Å². The van der Waals surface area contributed by atoms with Crippen molar-refractivity contribution in [3.63, 3.8) is 0 Å². The van der Waals surface area contributed by atoms with Crippen molar-refractivity contribution in [3.8, 4) is 22.9 Å². The van der Waals surface area contributed by atoms with Gasteiger partial charge in [0.05, 0.1) is 24.4 Å². The van der Waals surface area contributed by atoms with E-state index in [0.717, 1.165) is 62.2 Å². The van der Waals surface area contributed by atoms with Crippen molar-refractivity contribution in [1.29, 1.82) is 0 Å². The van der Waals surface area contributed by atoms with Crippen molar-refractivity contribution in [2.45, 2.75) is 57.6 Å². The lowest BCUT2D eigenvalue weighted by Crippen LogP contribution is -2.29. The van der Waals surface area contributed by atoms with Crippen molar-refractivity contribution in [2.75, 3.05) is 20.2 Å². The number of hydrogen-bond donors (Lipinski definition) is 2. The first-order chi connectivity index (χ1) is 15.1. The van der Waals surface area contributed by atoms with Crippen LogP contribution in [0.2, 0.25) is 0 Å². The second-order valence-electron chi connectivity index (χ2n) is 8.53. The van der Waals surface area contributed by atoms with E-state index in [9.17, 15) is 4.79 Å². The number of aryl methyl sites for hydroxylation is 1. The Balaban J connectivity index is 1.52. The molecule has 5 rings (SSSR count). The monoisotopic (exact) mass is 423 g/mol. The summed E-state index contributed by atoms with van der Waals surface area (Å²) in [6, 6.07) is 5.91. The molecule has 1 aromatic carbocycles. The molecule has 2 N–H and O–H groups in total. The molecule has 0 spiro atoms. The Morgan fingerprint density at radius 2 is 2.00 bits per heavy atom. The topological polar surface area (TPSA) is 94.1 Å². The Morgan fingerprint density at radius 3 is 2.74 bits per heavy atom. The second kappa shape index (κ2) is 8.34. The average Bonchev–Trinajstić information content (AvgIpc) is 3.47. The van der Waals surface area contributed by atoms with Crippen LogP contribution >= 0.6 is 0 Å². The minimum absolute atomic E-state index is 0.0982. The van der Waals surface area contributed by atoms with E-state index in [2.05, 4.69) is 15.4 Å².